The van der Waals surface area contributed by atoms with E-state index in [1.807, 2.05) is 21.1 Å². The minimum atomic E-state index is -4.38. The summed E-state index contributed by atoms with van der Waals surface area (Å²) in [6.45, 7) is 4.40. The molecule has 0 amide bonds. The van der Waals surface area contributed by atoms with E-state index in [1.54, 1.807) is 0 Å². The van der Waals surface area contributed by atoms with Gasteiger partial charge in [0.2, 0.25) is 0 Å². The molecular weight excluding hydrogens is 774 g/mol. The second-order valence-electron chi connectivity index (χ2n) is 17.8. The van der Waals surface area contributed by atoms with Gasteiger partial charge in [-0.15, -0.1) is 0 Å². The molecule has 0 saturated heterocycles. The monoisotopic (exact) mass is 869 g/mol. The number of allylic oxidation sites excluding steroid dienone is 6. The van der Waals surface area contributed by atoms with Crippen molar-refractivity contribution in [2.24, 2.45) is 0 Å². The van der Waals surface area contributed by atoms with Gasteiger partial charge in [-0.25, -0.2) is 4.57 Å². The predicted octanol–water partition coefficient (Wildman–Crippen LogP) is 14.5. The fraction of sp³-hybridized carbons (Fsp3) is 0.840. The first kappa shape index (κ1) is 58.2. The van der Waals surface area contributed by atoms with Gasteiger partial charge in [0.05, 0.1) is 27.7 Å². The van der Waals surface area contributed by atoms with Crippen molar-refractivity contribution in [3.63, 3.8) is 0 Å². The molecule has 0 bridgehead atoms. The number of carbonyl (C=O) groups is 2. The number of phosphoric ester groups is 1. The highest BCUT2D eigenvalue weighted by atomic mass is 31.2. The third kappa shape index (κ3) is 45.7. The van der Waals surface area contributed by atoms with E-state index in [-0.39, 0.29) is 32.0 Å². The van der Waals surface area contributed by atoms with Crippen molar-refractivity contribution in [2.75, 3.05) is 47.5 Å². The average molecular weight is 869 g/mol. The average Bonchev–Trinajstić information content (AvgIpc) is 3.20. The third-order valence-electron chi connectivity index (χ3n) is 10.6. The van der Waals surface area contributed by atoms with Crippen molar-refractivity contribution < 1.29 is 42.1 Å². The molecule has 0 aromatic rings. The standard InChI is InChI=1S/C50H94NO8P/c1-6-8-10-12-14-16-18-20-22-24-25-27-28-30-32-34-36-38-40-42-49(52)56-46-48(47-58-60(54,55)57-45-44-51(3,4)5)59-50(53)43-41-39-37-35-33-31-29-26-23-21-19-17-15-13-11-9-7-2/h15,17,21,23-25,48H,6-14,16,18-20,22,26-47H2,1-5H3/p+1/b17-15-,23-21-,25-24-/t48-/m1/s1. The van der Waals surface area contributed by atoms with E-state index >= 15 is 0 Å². The van der Waals surface area contributed by atoms with Crippen LogP contribution in [0.15, 0.2) is 36.5 Å². The number of rotatable bonds is 45. The van der Waals surface area contributed by atoms with Crippen LogP contribution in [0, 0.1) is 0 Å². The van der Waals surface area contributed by atoms with Crippen LogP contribution in [0.3, 0.4) is 0 Å². The molecule has 1 unspecified atom stereocenters. The van der Waals surface area contributed by atoms with Gasteiger partial charge in [0.15, 0.2) is 6.10 Å². The topological polar surface area (TPSA) is 108 Å². The lowest BCUT2D eigenvalue weighted by atomic mass is 10.1. The number of ether oxygens (including phenoxy) is 2. The molecule has 0 heterocycles. The SMILES string of the molecule is CCCCC/C=C\C/C=C\CCCCCCCCCC(=O)O[C@H](COC(=O)CCCCCCCCC/C=C\CCCCCCCCCC)COP(=O)(O)OCC[N+](C)(C)C. The second kappa shape index (κ2) is 42.5. The third-order valence-corrected chi connectivity index (χ3v) is 11.6. The van der Waals surface area contributed by atoms with Crippen molar-refractivity contribution in [3.05, 3.63) is 36.5 Å². The number of carbonyl (C=O) groups excluding carboxylic acids is 2. The number of esters is 2. The summed E-state index contributed by atoms with van der Waals surface area (Å²) in [5.74, 6) is -0.807. The Balaban J connectivity index is 4.29. The molecule has 0 aliphatic carbocycles. The Morgan fingerprint density at radius 1 is 0.517 bits per heavy atom. The normalized spacial score (nSPS) is 13.8. The van der Waals surface area contributed by atoms with Crippen LogP contribution in [0.5, 0.6) is 0 Å². The van der Waals surface area contributed by atoms with Gasteiger partial charge in [0, 0.05) is 12.8 Å². The minimum absolute atomic E-state index is 0.0294. The maximum atomic E-state index is 12.7. The molecule has 0 fully saturated rings. The van der Waals surface area contributed by atoms with Gasteiger partial charge < -0.3 is 18.9 Å². The Labute approximate surface area is 370 Å². The number of likely N-dealkylation sites (N-methyl/N-ethyl adjacent to an activating group) is 1. The Bertz CT molecular complexity index is 1120. The van der Waals surface area contributed by atoms with Crippen molar-refractivity contribution in [2.45, 2.75) is 225 Å². The fourth-order valence-corrected chi connectivity index (χ4v) is 7.49. The van der Waals surface area contributed by atoms with E-state index in [2.05, 4.69) is 50.3 Å². The summed E-state index contributed by atoms with van der Waals surface area (Å²) in [5.41, 5.74) is 0. The first-order valence-electron chi connectivity index (χ1n) is 24.7. The minimum Gasteiger partial charge on any atom is -0.462 e. The summed E-state index contributed by atoms with van der Waals surface area (Å²) in [7, 11) is 1.47. The molecule has 0 aromatic carbocycles. The predicted molar refractivity (Wildman–Crippen MR) is 252 cm³/mol. The van der Waals surface area contributed by atoms with E-state index in [0.717, 1.165) is 51.4 Å². The molecule has 352 valence electrons. The zero-order valence-electron chi connectivity index (χ0n) is 39.7. The molecule has 9 nitrogen and oxygen atoms in total. The number of hydrogen-bond donors (Lipinski definition) is 1. The zero-order valence-corrected chi connectivity index (χ0v) is 40.6. The van der Waals surface area contributed by atoms with Gasteiger partial charge in [-0.2, -0.15) is 0 Å². The van der Waals surface area contributed by atoms with Gasteiger partial charge in [-0.05, 0) is 70.6 Å². The highest BCUT2D eigenvalue weighted by molar-refractivity contribution is 7.47. The molecule has 0 aliphatic heterocycles. The van der Waals surface area contributed by atoms with Crippen LogP contribution in [0.25, 0.3) is 0 Å². The number of phosphoric acid groups is 1. The molecule has 1 N–H and O–H groups in total. The lowest BCUT2D eigenvalue weighted by molar-refractivity contribution is -0.870. The van der Waals surface area contributed by atoms with E-state index in [1.165, 1.54) is 135 Å². The molecular formula is C50H95NO8P+. The number of hydrogen-bond acceptors (Lipinski definition) is 7. The highest BCUT2D eigenvalue weighted by Gasteiger charge is 2.27. The molecule has 60 heavy (non-hydrogen) atoms. The lowest BCUT2D eigenvalue weighted by Crippen LogP contribution is -2.37. The maximum Gasteiger partial charge on any atom is 0.472 e. The molecule has 0 spiro atoms. The zero-order chi connectivity index (χ0) is 44.3. The quantitative estimate of drug-likeness (QED) is 0.0212. The van der Waals surface area contributed by atoms with Crippen LogP contribution in [0.1, 0.15) is 219 Å². The first-order valence-corrected chi connectivity index (χ1v) is 26.2. The Morgan fingerprint density at radius 2 is 0.900 bits per heavy atom. The number of nitrogens with zero attached hydrogens (tertiary/aromatic N) is 1. The van der Waals surface area contributed by atoms with Crippen LogP contribution in [0.2, 0.25) is 0 Å². The largest absolute Gasteiger partial charge is 0.472 e. The van der Waals surface area contributed by atoms with Crippen LogP contribution >= 0.6 is 7.82 Å². The molecule has 10 heteroatoms. The molecule has 2 atom stereocenters. The van der Waals surface area contributed by atoms with E-state index in [9.17, 15) is 19.0 Å². The summed E-state index contributed by atoms with van der Waals surface area (Å²) >= 11 is 0. The smallest absolute Gasteiger partial charge is 0.462 e. The van der Waals surface area contributed by atoms with Gasteiger partial charge >= 0.3 is 19.8 Å². The van der Waals surface area contributed by atoms with Gasteiger partial charge in [-0.1, -0.05) is 172 Å². The van der Waals surface area contributed by atoms with E-state index < -0.39 is 26.5 Å². The first-order chi connectivity index (χ1) is 29.0. The van der Waals surface area contributed by atoms with Crippen LogP contribution < -0.4 is 0 Å². The van der Waals surface area contributed by atoms with E-state index in [4.69, 9.17) is 18.5 Å². The second-order valence-corrected chi connectivity index (χ2v) is 19.3. The molecule has 0 rings (SSSR count). The summed E-state index contributed by atoms with van der Waals surface area (Å²) in [6.07, 6.45) is 49.0. The highest BCUT2D eigenvalue weighted by Crippen LogP contribution is 2.43. The van der Waals surface area contributed by atoms with Gasteiger partial charge in [0.25, 0.3) is 0 Å². The lowest BCUT2D eigenvalue weighted by Gasteiger charge is -2.24. The number of quaternary nitrogens is 1. The molecule has 0 radical (unpaired) electrons. The molecule has 0 aliphatic rings. The molecule has 0 aromatic heterocycles. The number of unbranched alkanes of at least 4 members (excludes halogenated alkanes) is 25. The summed E-state index contributed by atoms with van der Waals surface area (Å²) < 4.78 is 34.4. The fourth-order valence-electron chi connectivity index (χ4n) is 6.75. The molecule has 0 saturated carbocycles. The van der Waals surface area contributed by atoms with Gasteiger partial charge in [0.1, 0.15) is 19.8 Å². The van der Waals surface area contributed by atoms with Gasteiger partial charge in [-0.3, -0.25) is 18.6 Å². The summed E-state index contributed by atoms with van der Waals surface area (Å²) in [6, 6.07) is 0. The summed E-state index contributed by atoms with van der Waals surface area (Å²) in [5, 5.41) is 0. The Kier molecular flexibility index (Phi) is 41.3. The van der Waals surface area contributed by atoms with Crippen molar-refractivity contribution in [1.82, 2.24) is 0 Å². The van der Waals surface area contributed by atoms with Crippen molar-refractivity contribution in [1.29, 1.82) is 0 Å². The van der Waals surface area contributed by atoms with Crippen LogP contribution in [0.4, 0.5) is 0 Å². The van der Waals surface area contributed by atoms with Crippen LogP contribution in [-0.2, 0) is 32.7 Å². The van der Waals surface area contributed by atoms with Crippen molar-refractivity contribution >= 4 is 19.8 Å². The maximum absolute atomic E-state index is 12.7. The van der Waals surface area contributed by atoms with E-state index in [0.29, 0.717) is 17.4 Å². The van der Waals surface area contributed by atoms with Crippen LogP contribution in [-0.4, -0.2) is 74.9 Å². The Morgan fingerprint density at radius 3 is 1.37 bits per heavy atom. The van der Waals surface area contributed by atoms with Crippen molar-refractivity contribution in [3.8, 4) is 0 Å². The summed E-state index contributed by atoms with van der Waals surface area (Å²) in [4.78, 5) is 35.5. The Hall–Kier alpha value is -1.77.